The highest BCUT2D eigenvalue weighted by atomic mass is 16.5. The van der Waals surface area contributed by atoms with Gasteiger partial charge in [-0.1, -0.05) is 12.1 Å². The van der Waals surface area contributed by atoms with Gasteiger partial charge in [-0.2, -0.15) is 5.10 Å². The van der Waals surface area contributed by atoms with E-state index in [0.29, 0.717) is 5.88 Å². The van der Waals surface area contributed by atoms with Crippen molar-refractivity contribution in [3.63, 3.8) is 0 Å². The molecule has 1 aromatic carbocycles. The van der Waals surface area contributed by atoms with E-state index in [9.17, 15) is 0 Å². The molecule has 0 aliphatic carbocycles. The molecule has 20 heavy (non-hydrogen) atoms. The molecule has 3 rings (SSSR count). The summed E-state index contributed by atoms with van der Waals surface area (Å²) in [6.45, 7) is 3.78. The molecule has 0 spiro atoms. The third-order valence-electron chi connectivity index (χ3n) is 3.16. The van der Waals surface area contributed by atoms with Gasteiger partial charge in [-0.05, 0) is 30.7 Å². The predicted octanol–water partition coefficient (Wildman–Crippen LogP) is 2.32. The highest BCUT2D eigenvalue weighted by Crippen LogP contribution is 2.26. The van der Waals surface area contributed by atoms with Crippen LogP contribution in [0.3, 0.4) is 0 Å². The van der Waals surface area contributed by atoms with Crippen molar-refractivity contribution >= 4 is 0 Å². The molecule has 1 N–H and O–H groups in total. The monoisotopic (exact) mass is 271 g/mol. The van der Waals surface area contributed by atoms with Gasteiger partial charge in [-0.15, -0.1) is 5.10 Å². The molecule has 1 saturated heterocycles. The average molecular weight is 271 g/mol. The normalized spacial score (nSPS) is 22.4. The lowest BCUT2D eigenvalue weighted by Crippen LogP contribution is -2.38. The van der Waals surface area contributed by atoms with Crippen LogP contribution in [0.1, 0.15) is 18.6 Å². The van der Waals surface area contributed by atoms with E-state index in [1.165, 1.54) is 0 Å². The van der Waals surface area contributed by atoms with Gasteiger partial charge in [0.25, 0.3) is 0 Å². The van der Waals surface area contributed by atoms with E-state index in [4.69, 9.17) is 9.47 Å². The Morgan fingerprint density at radius 3 is 3.00 bits per heavy atom. The summed E-state index contributed by atoms with van der Waals surface area (Å²) in [5.74, 6) is 1.23. The maximum Gasteiger partial charge on any atom is 0.238 e. The van der Waals surface area contributed by atoms with E-state index in [0.717, 1.165) is 24.4 Å². The van der Waals surface area contributed by atoms with Crippen LogP contribution in [-0.2, 0) is 4.74 Å². The lowest BCUT2D eigenvalue weighted by molar-refractivity contribution is -0.0287. The Hall–Kier alpha value is -1.98. The average Bonchev–Trinajstić information content (AvgIpc) is 2.49. The SMILES string of the molecule is C[C@H]1CNC[C@@H](c2cccc(Oc3cccnn3)c2)O1. The summed E-state index contributed by atoms with van der Waals surface area (Å²) in [4.78, 5) is 0. The van der Waals surface area contributed by atoms with Gasteiger partial charge in [-0.25, -0.2) is 0 Å². The molecule has 1 fully saturated rings. The first-order chi connectivity index (χ1) is 9.81. The largest absolute Gasteiger partial charge is 0.438 e. The van der Waals surface area contributed by atoms with E-state index in [1.54, 1.807) is 18.3 Å². The van der Waals surface area contributed by atoms with E-state index in [-0.39, 0.29) is 12.2 Å². The topological polar surface area (TPSA) is 56.3 Å². The maximum atomic E-state index is 5.93. The first kappa shape index (κ1) is 13.0. The second-order valence-corrected chi connectivity index (χ2v) is 4.83. The Balaban J connectivity index is 1.75. The molecule has 0 saturated carbocycles. The zero-order valence-electron chi connectivity index (χ0n) is 11.3. The number of morpholine rings is 1. The Labute approximate surface area is 117 Å². The van der Waals surface area contributed by atoms with Gasteiger partial charge in [0.15, 0.2) is 0 Å². The number of hydrogen-bond acceptors (Lipinski definition) is 5. The van der Waals surface area contributed by atoms with Crippen LogP contribution < -0.4 is 10.1 Å². The molecule has 2 aromatic rings. The molecule has 1 aromatic heterocycles. The molecule has 2 atom stereocenters. The van der Waals surface area contributed by atoms with Gasteiger partial charge in [0.1, 0.15) is 5.75 Å². The van der Waals surface area contributed by atoms with Crippen molar-refractivity contribution in [2.24, 2.45) is 0 Å². The first-order valence-electron chi connectivity index (χ1n) is 6.73. The Kier molecular flexibility index (Phi) is 3.90. The summed E-state index contributed by atoms with van der Waals surface area (Å²) in [6.07, 6.45) is 1.90. The minimum atomic E-state index is 0.0594. The van der Waals surface area contributed by atoms with Gasteiger partial charge in [0.05, 0.1) is 12.2 Å². The molecule has 5 heteroatoms. The van der Waals surface area contributed by atoms with Crippen LogP contribution in [0.2, 0.25) is 0 Å². The smallest absolute Gasteiger partial charge is 0.238 e. The number of rotatable bonds is 3. The van der Waals surface area contributed by atoms with Crippen molar-refractivity contribution < 1.29 is 9.47 Å². The molecule has 2 heterocycles. The molecule has 0 unspecified atom stereocenters. The zero-order chi connectivity index (χ0) is 13.8. The van der Waals surface area contributed by atoms with Crippen molar-refractivity contribution in [2.45, 2.75) is 19.1 Å². The Morgan fingerprint density at radius 2 is 2.20 bits per heavy atom. The molecule has 0 radical (unpaired) electrons. The quantitative estimate of drug-likeness (QED) is 0.928. The van der Waals surface area contributed by atoms with E-state index in [1.807, 2.05) is 24.3 Å². The van der Waals surface area contributed by atoms with Crippen molar-refractivity contribution in [3.8, 4) is 11.6 Å². The highest BCUT2D eigenvalue weighted by Gasteiger charge is 2.20. The lowest BCUT2D eigenvalue weighted by Gasteiger charge is -2.29. The fourth-order valence-electron chi connectivity index (χ4n) is 2.23. The van der Waals surface area contributed by atoms with Crippen LogP contribution in [0.5, 0.6) is 11.6 Å². The first-order valence-corrected chi connectivity index (χ1v) is 6.73. The van der Waals surface area contributed by atoms with Crippen LogP contribution >= 0.6 is 0 Å². The van der Waals surface area contributed by atoms with Gasteiger partial charge in [-0.3, -0.25) is 0 Å². The van der Waals surface area contributed by atoms with Crippen LogP contribution in [0.4, 0.5) is 0 Å². The summed E-state index contributed by atoms with van der Waals surface area (Å²) in [7, 11) is 0. The summed E-state index contributed by atoms with van der Waals surface area (Å²) in [5, 5.41) is 11.1. The van der Waals surface area contributed by atoms with Crippen LogP contribution in [0, 0.1) is 0 Å². The summed E-state index contributed by atoms with van der Waals surface area (Å²) >= 11 is 0. The summed E-state index contributed by atoms with van der Waals surface area (Å²) < 4.78 is 11.6. The van der Waals surface area contributed by atoms with Crippen molar-refractivity contribution in [2.75, 3.05) is 13.1 Å². The van der Waals surface area contributed by atoms with E-state index >= 15 is 0 Å². The third-order valence-corrected chi connectivity index (χ3v) is 3.16. The van der Waals surface area contributed by atoms with Gasteiger partial charge < -0.3 is 14.8 Å². The van der Waals surface area contributed by atoms with Crippen molar-refractivity contribution in [3.05, 3.63) is 48.2 Å². The van der Waals surface area contributed by atoms with Crippen LogP contribution in [-0.4, -0.2) is 29.4 Å². The standard InChI is InChI=1S/C15H17N3O2/c1-11-9-16-10-14(19-11)12-4-2-5-13(8-12)20-15-6-3-7-17-18-15/h2-8,11,14,16H,9-10H2,1H3/t11-,14-/m0/s1. The second kappa shape index (κ2) is 5.98. The number of aromatic nitrogens is 2. The molecule has 1 aliphatic heterocycles. The van der Waals surface area contributed by atoms with Crippen LogP contribution in [0.15, 0.2) is 42.6 Å². The molecule has 0 bridgehead atoms. The molecule has 0 amide bonds. The van der Waals surface area contributed by atoms with E-state index in [2.05, 4.69) is 22.4 Å². The van der Waals surface area contributed by atoms with Gasteiger partial charge >= 0.3 is 0 Å². The molecular formula is C15H17N3O2. The summed E-state index contributed by atoms with van der Waals surface area (Å²) in [6, 6.07) is 11.5. The maximum absolute atomic E-state index is 5.93. The number of ether oxygens (including phenoxy) is 2. The second-order valence-electron chi connectivity index (χ2n) is 4.83. The van der Waals surface area contributed by atoms with Crippen LogP contribution in [0.25, 0.3) is 0 Å². The number of nitrogens with one attached hydrogen (secondary N) is 1. The number of benzene rings is 1. The number of hydrogen-bond donors (Lipinski definition) is 1. The number of nitrogens with zero attached hydrogens (tertiary/aromatic N) is 2. The van der Waals surface area contributed by atoms with Crippen molar-refractivity contribution in [1.82, 2.24) is 15.5 Å². The fourth-order valence-corrected chi connectivity index (χ4v) is 2.23. The third kappa shape index (κ3) is 3.12. The van der Waals surface area contributed by atoms with Crippen molar-refractivity contribution in [1.29, 1.82) is 0 Å². The Bertz CT molecular complexity index is 562. The van der Waals surface area contributed by atoms with Gasteiger partial charge in [0.2, 0.25) is 5.88 Å². The van der Waals surface area contributed by atoms with Gasteiger partial charge in [0, 0.05) is 25.4 Å². The van der Waals surface area contributed by atoms with E-state index < -0.39 is 0 Å². The molecular weight excluding hydrogens is 254 g/mol. The Morgan fingerprint density at radius 1 is 1.25 bits per heavy atom. The fraction of sp³-hybridized carbons (Fsp3) is 0.333. The minimum absolute atomic E-state index is 0.0594. The zero-order valence-corrected chi connectivity index (χ0v) is 11.3. The highest BCUT2D eigenvalue weighted by molar-refractivity contribution is 5.32. The molecule has 104 valence electrons. The molecule has 5 nitrogen and oxygen atoms in total. The minimum Gasteiger partial charge on any atom is -0.438 e. The summed E-state index contributed by atoms with van der Waals surface area (Å²) in [5.41, 5.74) is 1.10. The molecule has 1 aliphatic rings. The lowest BCUT2D eigenvalue weighted by atomic mass is 10.1. The predicted molar refractivity (Wildman–Crippen MR) is 74.7 cm³/mol.